The summed E-state index contributed by atoms with van der Waals surface area (Å²) < 4.78 is 2.96. The van der Waals surface area contributed by atoms with Crippen molar-refractivity contribution in [2.24, 2.45) is 7.05 Å². The van der Waals surface area contributed by atoms with E-state index in [1.165, 1.54) is 0 Å². The third-order valence-electron chi connectivity index (χ3n) is 3.66. The molecule has 110 valence electrons. The Labute approximate surface area is 134 Å². The van der Waals surface area contributed by atoms with Gasteiger partial charge in [0, 0.05) is 37.9 Å². The summed E-state index contributed by atoms with van der Waals surface area (Å²) in [6, 6.07) is 10.3. The van der Waals surface area contributed by atoms with E-state index in [2.05, 4.69) is 44.3 Å². The van der Waals surface area contributed by atoms with Gasteiger partial charge in [-0.1, -0.05) is 15.9 Å². The summed E-state index contributed by atoms with van der Waals surface area (Å²) in [5.74, 6) is 0. The van der Waals surface area contributed by atoms with E-state index in [0.717, 1.165) is 27.1 Å². The highest BCUT2D eigenvalue weighted by Gasteiger charge is 2.10. The zero-order chi connectivity index (χ0) is 15.6. The summed E-state index contributed by atoms with van der Waals surface area (Å²) in [5.41, 5.74) is 5.13. The van der Waals surface area contributed by atoms with Crippen LogP contribution < -0.4 is 10.2 Å². The Balaban J connectivity index is 2.25. The fraction of sp³-hybridized carbons (Fsp3) is 0.312. The Morgan fingerprint density at radius 1 is 1.33 bits per heavy atom. The first-order valence-electron chi connectivity index (χ1n) is 6.70. The van der Waals surface area contributed by atoms with E-state index in [4.69, 9.17) is 5.26 Å². The van der Waals surface area contributed by atoms with Gasteiger partial charge >= 0.3 is 0 Å². The van der Waals surface area contributed by atoms with Gasteiger partial charge in [-0.3, -0.25) is 0 Å². The zero-order valence-electron chi connectivity index (χ0n) is 12.7. The Kier molecular flexibility index (Phi) is 4.59. The minimum atomic E-state index is 0.686. The molecule has 0 spiro atoms. The van der Waals surface area contributed by atoms with E-state index >= 15 is 0 Å². The van der Waals surface area contributed by atoms with E-state index < -0.39 is 0 Å². The maximum atomic E-state index is 9.09. The molecule has 0 aliphatic heterocycles. The molecule has 0 amide bonds. The van der Waals surface area contributed by atoms with Crippen LogP contribution in [-0.2, 0) is 13.6 Å². The van der Waals surface area contributed by atoms with E-state index in [9.17, 15) is 0 Å². The standard InChI is InChI=1S/C16H19BrN4/c1-11-12(7-14(9-18)21(11)4)10-19-15-8-13(17)5-6-16(15)20(2)3/h5-8,19H,10H2,1-4H3. The Morgan fingerprint density at radius 3 is 2.62 bits per heavy atom. The Hall–Kier alpha value is -1.93. The number of nitrogens with one attached hydrogen (secondary N) is 1. The van der Waals surface area contributed by atoms with Crippen LogP contribution in [0.15, 0.2) is 28.7 Å². The van der Waals surface area contributed by atoms with Crippen molar-refractivity contribution >= 4 is 27.3 Å². The van der Waals surface area contributed by atoms with E-state index in [0.29, 0.717) is 12.2 Å². The highest BCUT2D eigenvalue weighted by Crippen LogP contribution is 2.28. The van der Waals surface area contributed by atoms with Crippen molar-refractivity contribution in [3.63, 3.8) is 0 Å². The Morgan fingerprint density at radius 2 is 2.05 bits per heavy atom. The molecule has 21 heavy (non-hydrogen) atoms. The summed E-state index contributed by atoms with van der Waals surface area (Å²) in [6.45, 7) is 2.73. The molecular formula is C16H19BrN4. The normalized spacial score (nSPS) is 10.3. The summed E-state index contributed by atoms with van der Waals surface area (Å²) in [6.07, 6.45) is 0. The second kappa shape index (κ2) is 6.23. The van der Waals surface area contributed by atoms with Crippen LogP contribution in [0.1, 0.15) is 17.0 Å². The largest absolute Gasteiger partial charge is 0.379 e. The quantitative estimate of drug-likeness (QED) is 0.918. The first-order chi connectivity index (χ1) is 9.93. The number of hydrogen-bond donors (Lipinski definition) is 1. The average Bonchev–Trinajstić information content (AvgIpc) is 2.72. The second-order valence-electron chi connectivity index (χ2n) is 5.22. The number of hydrogen-bond acceptors (Lipinski definition) is 3. The molecule has 0 aliphatic carbocycles. The summed E-state index contributed by atoms with van der Waals surface area (Å²) in [4.78, 5) is 2.08. The lowest BCUT2D eigenvalue weighted by Gasteiger charge is -2.19. The van der Waals surface area contributed by atoms with E-state index in [-0.39, 0.29) is 0 Å². The van der Waals surface area contributed by atoms with Crippen LogP contribution in [-0.4, -0.2) is 18.7 Å². The number of aromatic nitrogens is 1. The molecule has 0 fully saturated rings. The third kappa shape index (κ3) is 3.22. The SMILES string of the molecule is Cc1c(CNc2cc(Br)ccc2N(C)C)cc(C#N)n1C. The number of rotatable bonds is 4. The van der Waals surface area contributed by atoms with Crippen molar-refractivity contribution in [2.75, 3.05) is 24.3 Å². The number of anilines is 2. The molecule has 0 aliphatic rings. The van der Waals surface area contributed by atoms with Gasteiger partial charge in [0.05, 0.1) is 11.4 Å². The van der Waals surface area contributed by atoms with E-state index in [1.54, 1.807) is 0 Å². The van der Waals surface area contributed by atoms with Gasteiger partial charge in [-0.05, 0) is 36.8 Å². The molecule has 4 nitrogen and oxygen atoms in total. The number of nitriles is 1. The molecule has 0 saturated carbocycles. The molecule has 1 aromatic heterocycles. The molecule has 0 atom stereocenters. The van der Waals surface area contributed by atoms with Crippen LogP contribution in [0.3, 0.4) is 0 Å². The zero-order valence-corrected chi connectivity index (χ0v) is 14.3. The van der Waals surface area contributed by atoms with Gasteiger partial charge in [0.15, 0.2) is 0 Å². The highest BCUT2D eigenvalue weighted by atomic mass is 79.9. The fourth-order valence-electron chi connectivity index (χ4n) is 2.28. The first-order valence-corrected chi connectivity index (χ1v) is 7.49. The molecule has 0 saturated heterocycles. The second-order valence-corrected chi connectivity index (χ2v) is 6.14. The number of benzene rings is 1. The van der Waals surface area contributed by atoms with Gasteiger partial charge in [-0.2, -0.15) is 5.26 Å². The first kappa shape index (κ1) is 15.5. The van der Waals surface area contributed by atoms with Crippen molar-refractivity contribution in [1.82, 2.24) is 4.57 Å². The Bertz CT molecular complexity index is 695. The van der Waals surface area contributed by atoms with Gasteiger partial charge in [0.2, 0.25) is 0 Å². The predicted molar refractivity (Wildman–Crippen MR) is 90.7 cm³/mol. The fourth-order valence-corrected chi connectivity index (χ4v) is 2.64. The minimum absolute atomic E-state index is 0.686. The molecule has 1 aromatic carbocycles. The van der Waals surface area contributed by atoms with Crippen LogP contribution in [0.2, 0.25) is 0 Å². The maximum absolute atomic E-state index is 9.09. The number of nitrogens with zero attached hydrogens (tertiary/aromatic N) is 3. The highest BCUT2D eigenvalue weighted by molar-refractivity contribution is 9.10. The lowest BCUT2D eigenvalue weighted by molar-refractivity contribution is 0.856. The average molecular weight is 347 g/mol. The molecule has 2 rings (SSSR count). The molecule has 5 heteroatoms. The summed E-state index contributed by atoms with van der Waals surface area (Å²) in [5, 5.41) is 12.6. The summed E-state index contributed by atoms with van der Waals surface area (Å²) >= 11 is 3.51. The summed E-state index contributed by atoms with van der Waals surface area (Å²) in [7, 11) is 5.97. The molecule has 0 radical (unpaired) electrons. The van der Waals surface area contributed by atoms with Crippen LogP contribution in [0, 0.1) is 18.3 Å². The van der Waals surface area contributed by atoms with Crippen molar-refractivity contribution in [3.05, 3.63) is 45.7 Å². The van der Waals surface area contributed by atoms with Crippen LogP contribution in [0.4, 0.5) is 11.4 Å². The van der Waals surface area contributed by atoms with Gasteiger partial charge in [-0.15, -0.1) is 0 Å². The predicted octanol–water partition coefficient (Wildman–Crippen LogP) is 3.65. The monoisotopic (exact) mass is 346 g/mol. The molecular weight excluding hydrogens is 328 g/mol. The lowest BCUT2D eigenvalue weighted by atomic mass is 10.2. The molecule has 0 unspecified atom stereocenters. The molecule has 2 aromatic rings. The minimum Gasteiger partial charge on any atom is -0.379 e. The smallest absolute Gasteiger partial charge is 0.120 e. The van der Waals surface area contributed by atoms with Crippen LogP contribution in [0.25, 0.3) is 0 Å². The molecule has 0 bridgehead atoms. The van der Waals surface area contributed by atoms with Crippen molar-refractivity contribution in [2.45, 2.75) is 13.5 Å². The van der Waals surface area contributed by atoms with E-state index in [1.807, 2.05) is 44.8 Å². The van der Waals surface area contributed by atoms with Gasteiger partial charge in [0.1, 0.15) is 11.8 Å². The third-order valence-corrected chi connectivity index (χ3v) is 4.16. The maximum Gasteiger partial charge on any atom is 0.120 e. The van der Waals surface area contributed by atoms with Crippen molar-refractivity contribution < 1.29 is 0 Å². The lowest BCUT2D eigenvalue weighted by Crippen LogP contribution is -2.12. The number of halogens is 1. The van der Waals surface area contributed by atoms with Gasteiger partial charge in [-0.25, -0.2) is 0 Å². The van der Waals surface area contributed by atoms with Crippen molar-refractivity contribution in [1.29, 1.82) is 5.26 Å². The van der Waals surface area contributed by atoms with Crippen molar-refractivity contribution in [3.8, 4) is 6.07 Å². The topological polar surface area (TPSA) is 44.0 Å². The van der Waals surface area contributed by atoms with Gasteiger partial charge in [0.25, 0.3) is 0 Å². The van der Waals surface area contributed by atoms with Gasteiger partial charge < -0.3 is 14.8 Å². The molecule has 1 N–H and O–H groups in total. The van der Waals surface area contributed by atoms with Crippen LogP contribution >= 0.6 is 15.9 Å². The van der Waals surface area contributed by atoms with Crippen LogP contribution in [0.5, 0.6) is 0 Å². The molecule has 1 heterocycles.